The van der Waals surface area contributed by atoms with E-state index in [-0.39, 0.29) is 18.6 Å². The Morgan fingerprint density at radius 2 is 1.89 bits per heavy atom. The van der Waals surface area contributed by atoms with Crippen LogP contribution in [0.5, 0.6) is 0 Å². The third-order valence-corrected chi connectivity index (χ3v) is 4.86. The van der Waals surface area contributed by atoms with Crippen molar-refractivity contribution in [1.82, 2.24) is 19.9 Å². The normalized spacial score (nSPS) is 15.9. The second-order valence-electron chi connectivity index (χ2n) is 6.90. The number of carbonyl (C=O) groups is 1. The Labute approximate surface area is 157 Å². The van der Waals surface area contributed by atoms with Gasteiger partial charge in [0, 0.05) is 18.8 Å². The topological polar surface area (TPSA) is 72.3 Å². The van der Waals surface area contributed by atoms with Crippen LogP contribution in [0, 0.1) is 0 Å². The summed E-state index contributed by atoms with van der Waals surface area (Å²) in [5.41, 5.74) is 3.42. The van der Waals surface area contributed by atoms with Crippen LogP contribution in [-0.2, 0) is 9.53 Å². The number of fused-ring (bicyclic) bond motifs is 1. The van der Waals surface area contributed by atoms with Gasteiger partial charge in [0.25, 0.3) is 0 Å². The van der Waals surface area contributed by atoms with Crippen molar-refractivity contribution in [1.29, 1.82) is 0 Å². The van der Waals surface area contributed by atoms with Gasteiger partial charge in [-0.15, -0.1) is 5.10 Å². The largest absolute Gasteiger partial charge is 0.368 e. The van der Waals surface area contributed by atoms with Crippen molar-refractivity contribution in [3.63, 3.8) is 0 Å². The molecule has 1 amide bonds. The highest BCUT2D eigenvalue weighted by molar-refractivity contribution is 5.91. The highest BCUT2D eigenvalue weighted by Gasteiger charge is 2.18. The minimum atomic E-state index is -0.132. The van der Waals surface area contributed by atoms with Crippen LogP contribution in [0.15, 0.2) is 48.5 Å². The molecule has 7 nitrogen and oxygen atoms in total. The third kappa shape index (κ3) is 4.15. The molecule has 1 aromatic heterocycles. The van der Waals surface area contributed by atoms with Crippen LogP contribution in [0.1, 0.15) is 12.8 Å². The van der Waals surface area contributed by atoms with Crippen molar-refractivity contribution in [2.75, 3.05) is 32.1 Å². The monoisotopic (exact) mass is 365 g/mol. The fourth-order valence-corrected chi connectivity index (χ4v) is 3.29. The smallest absolute Gasteiger partial charge is 0.250 e. The summed E-state index contributed by atoms with van der Waals surface area (Å²) < 4.78 is 7.52. The van der Waals surface area contributed by atoms with E-state index in [1.54, 1.807) is 4.68 Å². The van der Waals surface area contributed by atoms with Gasteiger partial charge in [-0.3, -0.25) is 4.79 Å². The van der Waals surface area contributed by atoms with Crippen LogP contribution in [-0.4, -0.2) is 58.6 Å². The first-order valence-electron chi connectivity index (χ1n) is 9.20. The lowest BCUT2D eigenvalue weighted by Gasteiger charge is -2.28. The molecule has 3 aromatic rings. The average molecular weight is 365 g/mol. The lowest BCUT2D eigenvalue weighted by atomic mass is 10.1. The Morgan fingerprint density at radius 1 is 1.15 bits per heavy atom. The zero-order chi connectivity index (χ0) is 18.6. The van der Waals surface area contributed by atoms with E-state index < -0.39 is 0 Å². The molecule has 0 bridgehead atoms. The average Bonchev–Trinajstić information content (AvgIpc) is 3.12. The van der Waals surface area contributed by atoms with E-state index in [2.05, 4.69) is 27.6 Å². The van der Waals surface area contributed by atoms with E-state index in [9.17, 15) is 4.79 Å². The first kappa shape index (κ1) is 17.6. The SMILES string of the molecule is CN1CCC(OCC(=O)Nc2ccc(-n3nnc4ccccc43)cc2)CC1. The van der Waals surface area contributed by atoms with Gasteiger partial charge >= 0.3 is 0 Å². The van der Waals surface area contributed by atoms with Gasteiger partial charge in [-0.2, -0.15) is 0 Å². The van der Waals surface area contributed by atoms with Crippen LogP contribution in [0.2, 0.25) is 0 Å². The number of likely N-dealkylation sites (tertiary alicyclic amines) is 1. The Morgan fingerprint density at radius 3 is 2.67 bits per heavy atom. The molecule has 1 N–H and O–H groups in total. The van der Waals surface area contributed by atoms with Crippen molar-refractivity contribution in [3.05, 3.63) is 48.5 Å². The Bertz CT molecular complexity index is 914. The zero-order valence-corrected chi connectivity index (χ0v) is 15.3. The van der Waals surface area contributed by atoms with Crippen LogP contribution in [0.3, 0.4) is 0 Å². The fourth-order valence-electron chi connectivity index (χ4n) is 3.29. The van der Waals surface area contributed by atoms with Gasteiger partial charge in [-0.05, 0) is 56.3 Å². The summed E-state index contributed by atoms with van der Waals surface area (Å²) in [5.74, 6) is -0.132. The number of hydrogen-bond acceptors (Lipinski definition) is 5. The van der Waals surface area contributed by atoms with Crippen LogP contribution >= 0.6 is 0 Å². The molecule has 1 saturated heterocycles. The molecule has 0 atom stereocenters. The Kier molecular flexibility index (Phi) is 5.13. The maximum absolute atomic E-state index is 12.1. The summed E-state index contributed by atoms with van der Waals surface area (Å²) in [4.78, 5) is 14.4. The van der Waals surface area contributed by atoms with Crippen LogP contribution < -0.4 is 5.32 Å². The number of anilines is 1. The van der Waals surface area contributed by atoms with Crippen molar-refractivity contribution >= 4 is 22.6 Å². The fraction of sp³-hybridized carbons (Fsp3) is 0.350. The summed E-state index contributed by atoms with van der Waals surface area (Å²) in [6, 6.07) is 15.3. The van der Waals surface area contributed by atoms with Gasteiger partial charge in [-0.1, -0.05) is 17.3 Å². The Hall–Kier alpha value is -2.77. The van der Waals surface area contributed by atoms with Gasteiger partial charge in [0.2, 0.25) is 5.91 Å². The van der Waals surface area contributed by atoms with Gasteiger partial charge in [0.05, 0.1) is 17.3 Å². The lowest BCUT2D eigenvalue weighted by molar-refractivity contribution is -0.123. The molecule has 0 aliphatic carbocycles. The number of para-hydroxylation sites is 1. The summed E-state index contributed by atoms with van der Waals surface area (Å²) in [7, 11) is 2.11. The maximum Gasteiger partial charge on any atom is 0.250 e. The zero-order valence-electron chi connectivity index (χ0n) is 15.3. The van der Waals surface area contributed by atoms with Crippen LogP contribution in [0.4, 0.5) is 5.69 Å². The number of hydrogen-bond donors (Lipinski definition) is 1. The van der Waals surface area contributed by atoms with E-state index in [1.807, 2.05) is 48.5 Å². The van der Waals surface area contributed by atoms with Crippen molar-refractivity contribution in [2.45, 2.75) is 18.9 Å². The molecule has 27 heavy (non-hydrogen) atoms. The quantitative estimate of drug-likeness (QED) is 0.752. The molecule has 0 spiro atoms. The molecule has 2 aromatic carbocycles. The van der Waals surface area contributed by atoms with Gasteiger partial charge in [-0.25, -0.2) is 4.68 Å². The van der Waals surface area contributed by atoms with Gasteiger partial charge < -0.3 is 15.0 Å². The molecule has 2 heterocycles. The van der Waals surface area contributed by atoms with Gasteiger partial charge in [0.1, 0.15) is 12.1 Å². The molecule has 1 aliphatic heterocycles. The van der Waals surface area contributed by atoms with E-state index in [0.717, 1.165) is 48.3 Å². The second kappa shape index (κ2) is 7.85. The van der Waals surface area contributed by atoms with E-state index in [1.165, 1.54) is 0 Å². The third-order valence-electron chi connectivity index (χ3n) is 4.86. The molecular formula is C20H23N5O2. The number of nitrogens with zero attached hydrogens (tertiary/aromatic N) is 4. The number of benzene rings is 2. The molecule has 0 radical (unpaired) electrons. The lowest BCUT2D eigenvalue weighted by Crippen LogP contribution is -2.35. The Balaban J connectivity index is 1.34. The minimum absolute atomic E-state index is 0.0871. The summed E-state index contributed by atoms with van der Waals surface area (Å²) in [6.07, 6.45) is 2.13. The van der Waals surface area contributed by atoms with Crippen LogP contribution in [0.25, 0.3) is 16.7 Å². The molecule has 140 valence electrons. The molecule has 0 unspecified atom stereocenters. The predicted octanol–water partition coefficient (Wildman–Crippen LogP) is 2.47. The molecular weight excluding hydrogens is 342 g/mol. The van der Waals surface area contributed by atoms with Crippen molar-refractivity contribution in [2.24, 2.45) is 0 Å². The number of ether oxygens (including phenoxy) is 1. The van der Waals surface area contributed by atoms with Crippen molar-refractivity contribution < 1.29 is 9.53 Å². The summed E-state index contributed by atoms with van der Waals surface area (Å²) in [6.45, 7) is 2.12. The first-order chi connectivity index (χ1) is 13.2. The number of aromatic nitrogens is 3. The first-order valence-corrected chi connectivity index (χ1v) is 9.20. The molecule has 1 fully saturated rings. The molecule has 4 rings (SSSR count). The minimum Gasteiger partial charge on any atom is -0.368 e. The van der Waals surface area contributed by atoms with E-state index >= 15 is 0 Å². The van der Waals surface area contributed by atoms with E-state index in [4.69, 9.17) is 4.74 Å². The summed E-state index contributed by atoms with van der Waals surface area (Å²) >= 11 is 0. The van der Waals surface area contributed by atoms with Gasteiger partial charge in [0.15, 0.2) is 0 Å². The molecule has 0 saturated carbocycles. The standard InChI is InChI=1S/C20H23N5O2/c1-24-12-10-17(11-13-24)27-14-20(26)21-15-6-8-16(9-7-15)25-19-5-3-2-4-18(19)22-23-25/h2-9,17H,10-14H2,1H3,(H,21,26). The molecule has 1 aliphatic rings. The predicted molar refractivity (Wildman–Crippen MR) is 104 cm³/mol. The number of nitrogens with one attached hydrogen (secondary N) is 1. The number of piperidine rings is 1. The number of carbonyl (C=O) groups excluding carboxylic acids is 1. The second-order valence-corrected chi connectivity index (χ2v) is 6.90. The maximum atomic E-state index is 12.1. The number of rotatable bonds is 5. The van der Waals surface area contributed by atoms with E-state index in [0.29, 0.717) is 0 Å². The van der Waals surface area contributed by atoms with Crippen molar-refractivity contribution in [3.8, 4) is 5.69 Å². The highest BCUT2D eigenvalue weighted by Crippen LogP contribution is 2.18. The molecule has 7 heteroatoms. The summed E-state index contributed by atoms with van der Waals surface area (Å²) in [5, 5.41) is 11.2. The highest BCUT2D eigenvalue weighted by atomic mass is 16.5. The number of amides is 1.